The van der Waals surface area contributed by atoms with Crippen LogP contribution >= 0.6 is 11.6 Å². The van der Waals surface area contributed by atoms with Gasteiger partial charge in [0, 0.05) is 13.6 Å². The van der Waals surface area contributed by atoms with Crippen LogP contribution in [0.4, 0.5) is 11.8 Å². The third kappa shape index (κ3) is 3.48. The quantitative estimate of drug-likeness (QED) is 0.881. The molecule has 0 amide bonds. The van der Waals surface area contributed by atoms with Gasteiger partial charge in [-0.3, -0.25) is 0 Å². The maximum atomic E-state index is 6.03. The third-order valence-corrected chi connectivity index (χ3v) is 2.86. The highest BCUT2D eigenvalue weighted by atomic mass is 35.5. The van der Waals surface area contributed by atoms with E-state index in [1.807, 2.05) is 24.3 Å². The fourth-order valence-electron chi connectivity index (χ4n) is 1.54. The lowest BCUT2D eigenvalue weighted by atomic mass is 10.2. The summed E-state index contributed by atoms with van der Waals surface area (Å²) in [7, 11) is 3.41. The van der Waals surface area contributed by atoms with E-state index in [0.717, 1.165) is 11.3 Å². The minimum atomic E-state index is 0.493. The van der Waals surface area contributed by atoms with Gasteiger partial charge in [-0.2, -0.15) is 4.98 Å². The number of anilines is 2. The summed E-state index contributed by atoms with van der Waals surface area (Å²) in [5, 5.41) is 6.54. The van der Waals surface area contributed by atoms with Gasteiger partial charge in [0.2, 0.25) is 5.95 Å². The average molecular weight is 279 g/mol. The summed E-state index contributed by atoms with van der Waals surface area (Å²) in [5.41, 5.74) is 1.11. The molecule has 2 N–H and O–H groups in total. The van der Waals surface area contributed by atoms with Gasteiger partial charge in [0.15, 0.2) is 5.82 Å². The molecule has 0 atom stereocenters. The maximum Gasteiger partial charge on any atom is 0.224 e. The Kier molecular flexibility index (Phi) is 4.41. The number of halogens is 1. The van der Waals surface area contributed by atoms with Gasteiger partial charge >= 0.3 is 0 Å². The van der Waals surface area contributed by atoms with Crippen molar-refractivity contribution < 1.29 is 4.74 Å². The van der Waals surface area contributed by atoms with E-state index >= 15 is 0 Å². The molecule has 0 unspecified atom stereocenters. The highest BCUT2D eigenvalue weighted by Crippen LogP contribution is 2.20. The Morgan fingerprint density at radius 1 is 1.26 bits per heavy atom. The van der Waals surface area contributed by atoms with E-state index in [4.69, 9.17) is 16.3 Å². The molecule has 0 saturated heterocycles. The van der Waals surface area contributed by atoms with Gasteiger partial charge in [-0.05, 0) is 17.7 Å². The molecule has 19 heavy (non-hydrogen) atoms. The molecule has 1 aromatic heterocycles. The Morgan fingerprint density at radius 3 is 2.63 bits per heavy atom. The topological polar surface area (TPSA) is 59.1 Å². The van der Waals surface area contributed by atoms with Gasteiger partial charge in [-0.15, -0.1) is 0 Å². The van der Waals surface area contributed by atoms with Crippen molar-refractivity contribution in [1.29, 1.82) is 0 Å². The van der Waals surface area contributed by atoms with E-state index in [1.165, 1.54) is 0 Å². The lowest BCUT2D eigenvalue weighted by molar-refractivity contribution is 0.414. The van der Waals surface area contributed by atoms with Crippen molar-refractivity contribution in [2.24, 2.45) is 0 Å². The van der Waals surface area contributed by atoms with Crippen molar-refractivity contribution in [2.45, 2.75) is 6.54 Å². The number of hydrogen-bond donors (Lipinski definition) is 2. The predicted molar refractivity (Wildman–Crippen MR) is 76.9 cm³/mol. The number of nitrogens with one attached hydrogen (secondary N) is 2. The normalized spacial score (nSPS) is 10.1. The minimum Gasteiger partial charge on any atom is -0.497 e. The molecule has 6 heteroatoms. The van der Waals surface area contributed by atoms with E-state index in [2.05, 4.69) is 20.6 Å². The van der Waals surface area contributed by atoms with Gasteiger partial charge < -0.3 is 15.4 Å². The van der Waals surface area contributed by atoms with Crippen LogP contribution in [-0.4, -0.2) is 24.1 Å². The number of methoxy groups -OCH3 is 1. The number of rotatable bonds is 5. The molecule has 0 aliphatic carbocycles. The van der Waals surface area contributed by atoms with Crippen LogP contribution in [0.5, 0.6) is 5.75 Å². The second kappa shape index (κ2) is 6.24. The van der Waals surface area contributed by atoms with Crippen LogP contribution in [0.15, 0.2) is 30.5 Å². The number of benzene rings is 1. The maximum absolute atomic E-state index is 6.03. The van der Waals surface area contributed by atoms with Crippen molar-refractivity contribution in [3.63, 3.8) is 0 Å². The first-order chi connectivity index (χ1) is 9.22. The number of ether oxygens (including phenoxy) is 1. The molecule has 0 aliphatic heterocycles. The Labute approximate surface area is 117 Å². The van der Waals surface area contributed by atoms with E-state index in [1.54, 1.807) is 20.4 Å². The molecular weight excluding hydrogens is 264 g/mol. The highest BCUT2D eigenvalue weighted by Gasteiger charge is 2.04. The average Bonchev–Trinajstić information content (AvgIpc) is 2.47. The Hall–Kier alpha value is -2.01. The summed E-state index contributed by atoms with van der Waals surface area (Å²) in [6.07, 6.45) is 1.57. The van der Waals surface area contributed by atoms with E-state index < -0.39 is 0 Å². The molecule has 5 nitrogen and oxygen atoms in total. The summed E-state index contributed by atoms with van der Waals surface area (Å²) in [6.45, 7) is 0.629. The van der Waals surface area contributed by atoms with E-state index in [-0.39, 0.29) is 0 Å². The van der Waals surface area contributed by atoms with Gasteiger partial charge in [0.05, 0.1) is 13.3 Å². The predicted octanol–water partition coefficient (Wildman–Crippen LogP) is 2.79. The SMILES string of the molecule is CNc1ncc(Cl)c(NCc2ccc(OC)cc2)n1. The van der Waals surface area contributed by atoms with Crippen LogP contribution in [0.3, 0.4) is 0 Å². The minimum absolute atomic E-state index is 0.493. The zero-order chi connectivity index (χ0) is 13.7. The van der Waals surface area contributed by atoms with Crippen LogP contribution < -0.4 is 15.4 Å². The molecule has 0 bridgehead atoms. The zero-order valence-electron chi connectivity index (χ0n) is 10.8. The van der Waals surface area contributed by atoms with Crippen molar-refractivity contribution in [3.05, 3.63) is 41.0 Å². The lowest BCUT2D eigenvalue weighted by Crippen LogP contribution is -2.05. The lowest BCUT2D eigenvalue weighted by Gasteiger charge is -2.09. The Bertz CT molecular complexity index is 545. The van der Waals surface area contributed by atoms with Crippen LogP contribution in [0.2, 0.25) is 5.02 Å². The molecule has 100 valence electrons. The largest absolute Gasteiger partial charge is 0.497 e. The fraction of sp³-hybridized carbons (Fsp3) is 0.231. The van der Waals surface area contributed by atoms with Gasteiger partial charge in [0.1, 0.15) is 10.8 Å². The van der Waals surface area contributed by atoms with E-state index in [0.29, 0.717) is 23.3 Å². The fourth-order valence-corrected chi connectivity index (χ4v) is 1.70. The smallest absolute Gasteiger partial charge is 0.224 e. The molecule has 0 saturated carbocycles. The molecule has 0 spiro atoms. The molecule has 0 radical (unpaired) electrons. The summed E-state index contributed by atoms with van der Waals surface area (Å²) < 4.78 is 5.11. The van der Waals surface area contributed by atoms with Crippen molar-refractivity contribution in [1.82, 2.24) is 9.97 Å². The highest BCUT2D eigenvalue weighted by molar-refractivity contribution is 6.32. The second-order valence-corrected chi connectivity index (χ2v) is 4.25. The summed E-state index contributed by atoms with van der Waals surface area (Å²) in [5.74, 6) is 1.97. The molecule has 0 aliphatic rings. The zero-order valence-corrected chi connectivity index (χ0v) is 11.5. The second-order valence-electron chi connectivity index (χ2n) is 3.84. The molecule has 1 aromatic carbocycles. The summed E-state index contributed by atoms with van der Waals surface area (Å²) in [4.78, 5) is 8.27. The van der Waals surface area contributed by atoms with E-state index in [9.17, 15) is 0 Å². The Morgan fingerprint density at radius 2 is 2.00 bits per heavy atom. The van der Waals surface area contributed by atoms with Crippen LogP contribution in [-0.2, 0) is 6.54 Å². The monoisotopic (exact) mass is 278 g/mol. The van der Waals surface area contributed by atoms with Gasteiger partial charge in [-0.1, -0.05) is 23.7 Å². The summed E-state index contributed by atoms with van der Waals surface area (Å²) >= 11 is 6.03. The van der Waals surface area contributed by atoms with Gasteiger partial charge in [0.25, 0.3) is 0 Å². The van der Waals surface area contributed by atoms with Crippen molar-refractivity contribution in [3.8, 4) is 5.75 Å². The number of aromatic nitrogens is 2. The van der Waals surface area contributed by atoms with Crippen LogP contribution in [0, 0.1) is 0 Å². The Balaban J connectivity index is 2.05. The third-order valence-electron chi connectivity index (χ3n) is 2.59. The summed E-state index contributed by atoms with van der Waals surface area (Å²) in [6, 6.07) is 7.80. The van der Waals surface area contributed by atoms with Crippen LogP contribution in [0.1, 0.15) is 5.56 Å². The molecule has 2 aromatic rings. The van der Waals surface area contributed by atoms with Crippen molar-refractivity contribution in [2.75, 3.05) is 24.8 Å². The first-order valence-corrected chi connectivity index (χ1v) is 6.18. The number of nitrogens with zero attached hydrogens (tertiary/aromatic N) is 2. The molecule has 1 heterocycles. The molecule has 0 fully saturated rings. The standard InChI is InChI=1S/C13H15ClN4O/c1-15-13-17-8-11(14)12(18-13)16-7-9-3-5-10(19-2)6-4-9/h3-6,8H,7H2,1-2H3,(H2,15,16,17,18). The van der Waals surface area contributed by atoms with Gasteiger partial charge in [-0.25, -0.2) is 4.98 Å². The van der Waals surface area contributed by atoms with Crippen molar-refractivity contribution >= 4 is 23.4 Å². The van der Waals surface area contributed by atoms with Crippen LogP contribution in [0.25, 0.3) is 0 Å². The first-order valence-electron chi connectivity index (χ1n) is 5.80. The first kappa shape index (κ1) is 13.4. The molecular formula is C13H15ClN4O. The number of hydrogen-bond acceptors (Lipinski definition) is 5. The molecule has 2 rings (SSSR count).